The summed E-state index contributed by atoms with van der Waals surface area (Å²) < 4.78 is 16.9. The summed E-state index contributed by atoms with van der Waals surface area (Å²) in [7, 11) is 0. The van der Waals surface area contributed by atoms with Gasteiger partial charge in [-0.3, -0.25) is 14.4 Å². The third-order valence-electron chi connectivity index (χ3n) is 14.3. The summed E-state index contributed by atoms with van der Waals surface area (Å²) in [5, 5.41) is 0. The van der Waals surface area contributed by atoms with Gasteiger partial charge in [0.2, 0.25) is 0 Å². The molecule has 0 aromatic rings. The highest BCUT2D eigenvalue weighted by atomic mass is 16.6. The van der Waals surface area contributed by atoms with Gasteiger partial charge < -0.3 is 14.2 Å². The lowest BCUT2D eigenvalue weighted by Crippen LogP contribution is -2.30. The van der Waals surface area contributed by atoms with E-state index in [1.807, 2.05) is 0 Å². The van der Waals surface area contributed by atoms with E-state index in [2.05, 4.69) is 130 Å². The molecule has 0 heterocycles. The lowest BCUT2D eigenvalue weighted by Gasteiger charge is -2.18. The minimum atomic E-state index is -0.797. The second-order valence-corrected chi connectivity index (χ2v) is 22.0. The van der Waals surface area contributed by atoms with Gasteiger partial charge in [0, 0.05) is 19.3 Å². The summed E-state index contributed by atoms with van der Waals surface area (Å²) in [5.41, 5.74) is 0. The lowest BCUT2D eigenvalue weighted by molar-refractivity contribution is -0.167. The van der Waals surface area contributed by atoms with Crippen LogP contribution in [0.3, 0.4) is 0 Å². The van der Waals surface area contributed by atoms with E-state index in [4.69, 9.17) is 14.2 Å². The first-order valence-corrected chi connectivity index (χ1v) is 33.4. The zero-order chi connectivity index (χ0) is 57.1. The van der Waals surface area contributed by atoms with E-state index in [-0.39, 0.29) is 31.1 Å². The largest absolute Gasteiger partial charge is 0.462 e. The Hall–Kier alpha value is -3.93. The first-order chi connectivity index (χ1) is 39.0. The Bertz CT molecular complexity index is 1590. The molecule has 79 heavy (non-hydrogen) atoms. The van der Waals surface area contributed by atoms with Crippen LogP contribution >= 0.6 is 0 Å². The van der Waals surface area contributed by atoms with Crippen molar-refractivity contribution in [3.63, 3.8) is 0 Å². The third-order valence-corrected chi connectivity index (χ3v) is 14.3. The van der Waals surface area contributed by atoms with Gasteiger partial charge in [0.15, 0.2) is 6.10 Å². The van der Waals surface area contributed by atoms with Crippen molar-refractivity contribution in [1.82, 2.24) is 0 Å². The highest BCUT2D eigenvalue weighted by Crippen LogP contribution is 2.17. The maximum Gasteiger partial charge on any atom is 0.306 e. The fourth-order valence-corrected chi connectivity index (χ4v) is 9.28. The van der Waals surface area contributed by atoms with E-state index in [0.717, 1.165) is 122 Å². The molecule has 0 saturated carbocycles. The predicted octanol–water partition coefficient (Wildman–Crippen LogP) is 23.0. The number of carbonyl (C=O) groups excluding carboxylic acids is 3. The highest BCUT2D eigenvalue weighted by molar-refractivity contribution is 5.71. The molecule has 0 aromatic heterocycles. The van der Waals surface area contributed by atoms with Gasteiger partial charge in [-0.15, -0.1) is 0 Å². The Morgan fingerprint density at radius 2 is 0.494 bits per heavy atom. The SMILES string of the molecule is CC/C=C\C/C=C\C/C=C\C/C=C\C/C=C\C/C=C\C/C=C\CCCCCC(=O)OCC(COC(=O)CCCCCCCCC/C=C\C/C=C\CCCCC)OC(=O)CCCCCCCCCCCCCCCCCCCCC. The van der Waals surface area contributed by atoms with Crippen LogP contribution in [0.15, 0.2) is 109 Å². The van der Waals surface area contributed by atoms with Gasteiger partial charge in [-0.2, -0.15) is 0 Å². The molecular formula is C73H124O6. The third kappa shape index (κ3) is 64.8. The molecule has 0 bridgehead atoms. The minimum absolute atomic E-state index is 0.0916. The topological polar surface area (TPSA) is 78.9 Å². The summed E-state index contributed by atoms with van der Waals surface area (Å²) in [6, 6.07) is 0. The number of rotatable bonds is 60. The van der Waals surface area contributed by atoms with Crippen LogP contribution in [0.4, 0.5) is 0 Å². The molecule has 0 aliphatic heterocycles. The molecule has 0 spiro atoms. The summed E-state index contributed by atoms with van der Waals surface area (Å²) >= 11 is 0. The Balaban J connectivity index is 4.44. The van der Waals surface area contributed by atoms with Gasteiger partial charge in [-0.25, -0.2) is 0 Å². The van der Waals surface area contributed by atoms with Gasteiger partial charge in [0.05, 0.1) is 0 Å². The molecule has 0 fully saturated rings. The number of hydrogen-bond donors (Lipinski definition) is 0. The van der Waals surface area contributed by atoms with Crippen LogP contribution in [0.2, 0.25) is 0 Å². The molecule has 6 heteroatoms. The van der Waals surface area contributed by atoms with Gasteiger partial charge in [0.1, 0.15) is 13.2 Å². The Morgan fingerprint density at radius 1 is 0.266 bits per heavy atom. The second-order valence-electron chi connectivity index (χ2n) is 22.0. The zero-order valence-electron chi connectivity index (χ0n) is 51.9. The number of carbonyl (C=O) groups is 3. The van der Waals surface area contributed by atoms with Crippen molar-refractivity contribution < 1.29 is 28.6 Å². The molecule has 0 aliphatic carbocycles. The summed E-state index contributed by atoms with van der Waals surface area (Å²) in [4.78, 5) is 38.4. The number of esters is 3. The Kier molecular flexibility index (Phi) is 63.3. The standard InChI is InChI=1S/C73H124O6/c1-4-7-10-13-16-19-22-25-28-31-33-34-35-36-37-38-40-42-45-48-51-54-57-60-63-66-72(75)78-69-70(68-77-71(74)65-62-59-56-53-50-47-44-41-30-27-24-21-18-15-12-9-6-3)79-73(76)67-64-61-58-55-52-49-46-43-39-32-29-26-23-20-17-14-11-8-5-2/h7,10,16,18-19,21,25,27-28,30,33-34,36-37,40,42,48,51,70H,4-6,8-9,11-15,17,20,22-24,26,29,31-32,35,38-39,41,43-47,49-50,52-69H2,1-3H3/b10-7-,19-16-,21-18-,28-25-,30-27-,34-33-,37-36-,42-40-,51-48-. The normalized spacial score (nSPS) is 12.8. The molecular weight excluding hydrogens is 973 g/mol. The quantitative estimate of drug-likeness (QED) is 0.0261. The summed E-state index contributed by atoms with van der Waals surface area (Å²) in [6.07, 6.45) is 90.9. The van der Waals surface area contributed by atoms with Gasteiger partial charge in [0.25, 0.3) is 0 Å². The van der Waals surface area contributed by atoms with Crippen molar-refractivity contribution >= 4 is 17.9 Å². The number of unbranched alkanes of at least 4 members (excludes halogenated alkanes) is 31. The van der Waals surface area contributed by atoms with Gasteiger partial charge in [-0.05, 0) is 109 Å². The molecule has 452 valence electrons. The predicted molar refractivity (Wildman–Crippen MR) is 343 cm³/mol. The average molecular weight is 1100 g/mol. The summed E-state index contributed by atoms with van der Waals surface area (Å²) in [5.74, 6) is -0.920. The van der Waals surface area contributed by atoms with Crippen LogP contribution in [0.1, 0.15) is 316 Å². The monoisotopic (exact) mass is 1100 g/mol. The minimum Gasteiger partial charge on any atom is -0.462 e. The van der Waals surface area contributed by atoms with Crippen LogP contribution in [-0.4, -0.2) is 37.2 Å². The zero-order valence-corrected chi connectivity index (χ0v) is 51.9. The maximum atomic E-state index is 12.9. The van der Waals surface area contributed by atoms with Crippen molar-refractivity contribution in [2.75, 3.05) is 13.2 Å². The van der Waals surface area contributed by atoms with E-state index in [1.54, 1.807) is 0 Å². The van der Waals surface area contributed by atoms with Gasteiger partial charge >= 0.3 is 17.9 Å². The Labute approximate surface area is 489 Å². The molecule has 1 unspecified atom stereocenters. The van der Waals surface area contributed by atoms with Crippen molar-refractivity contribution in [3.05, 3.63) is 109 Å². The molecule has 1 atom stereocenters. The molecule has 6 nitrogen and oxygen atoms in total. The Morgan fingerprint density at radius 3 is 0.810 bits per heavy atom. The molecule has 0 aromatic carbocycles. The van der Waals surface area contributed by atoms with E-state index in [9.17, 15) is 14.4 Å². The molecule has 0 amide bonds. The lowest BCUT2D eigenvalue weighted by atomic mass is 10.0. The molecule has 0 rings (SSSR count). The fourth-order valence-electron chi connectivity index (χ4n) is 9.28. The number of hydrogen-bond acceptors (Lipinski definition) is 6. The number of ether oxygens (including phenoxy) is 3. The van der Waals surface area contributed by atoms with Crippen LogP contribution in [0.25, 0.3) is 0 Å². The smallest absolute Gasteiger partial charge is 0.306 e. The van der Waals surface area contributed by atoms with Crippen LogP contribution in [0.5, 0.6) is 0 Å². The van der Waals surface area contributed by atoms with E-state index in [1.165, 1.54) is 154 Å². The van der Waals surface area contributed by atoms with Crippen molar-refractivity contribution in [3.8, 4) is 0 Å². The van der Waals surface area contributed by atoms with E-state index >= 15 is 0 Å². The van der Waals surface area contributed by atoms with Crippen LogP contribution in [0, 0.1) is 0 Å². The van der Waals surface area contributed by atoms with Crippen LogP contribution in [-0.2, 0) is 28.6 Å². The fraction of sp³-hybridized carbons (Fsp3) is 0.712. The average Bonchev–Trinajstić information content (AvgIpc) is 3.45. The maximum absolute atomic E-state index is 12.9. The van der Waals surface area contributed by atoms with Crippen molar-refractivity contribution in [2.45, 2.75) is 322 Å². The second kappa shape index (κ2) is 66.6. The molecule has 0 aliphatic rings. The van der Waals surface area contributed by atoms with Crippen molar-refractivity contribution in [2.24, 2.45) is 0 Å². The highest BCUT2D eigenvalue weighted by Gasteiger charge is 2.19. The van der Waals surface area contributed by atoms with E-state index in [0.29, 0.717) is 19.3 Å². The van der Waals surface area contributed by atoms with Crippen molar-refractivity contribution in [1.29, 1.82) is 0 Å². The molecule has 0 N–H and O–H groups in total. The first kappa shape index (κ1) is 75.1. The number of allylic oxidation sites excluding steroid dienone is 18. The first-order valence-electron chi connectivity index (χ1n) is 33.4. The van der Waals surface area contributed by atoms with Crippen LogP contribution < -0.4 is 0 Å². The summed E-state index contributed by atoms with van der Waals surface area (Å²) in [6.45, 7) is 6.50. The molecule has 0 saturated heterocycles. The van der Waals surface area contributed by atoms with Gasteiger partial charge in [-0.1, -0.05) is 297 Å². The molecule has 0 radical (unpaired) electrons. The van der Waals surface area contributed by atoms with E-state index < -0.39 is 6.10 Å².